The van der Waals surface area contributed by atoms with Crippen LogP contribution in [-0.4, -0.2) is 21.4 Å². The predicted octanol–water partition coefficient (Wildman–Crippen LogP) is 3.09. The molecule has 5 nitrogen and oxygen atoms in total. The molecule has 0 unspecified atom stereocenters. The molecule has 0 fully saturated rings. The average molecular weight is 279 g/mol. The van der Waals surface area contributed by atoms with Gasteiger partial charge in [0.05, 0.1) is 11.7 Å². The lowest BCUT2D eigenvalue weighted by Crippen LogP contribution is -1.94. The van der Waals surface area contributed by atoms with Crippen LogP contribution in [0.2, 0.25) is 0 Å². The number of para-hydroxylation sites is 1. The van der Waals surface area contributed by atoms with Crippen LogP contribution >= 0.6 is 0 Å². The normalized spacial score (nSPS) is 11.0. The Morgan fingerprint density at radius 1 is 1.00 bits per heavy atom. The van der Waals surface area contributed by atoms with Crippen LogP contribution < -0.4 is 5.43 Å². The van der Waals surface area contributed by atoms with Crippen LogP contribution in [0.5, 0.6) is 11.5 Å². The summed E-state index contributed by atoms with van der Waals surface area (Å²) in [6.45, 7) is 0. The zero-order valence-electron chi connectivity index (χ0n) is 11.1. The molecule has 0 amide bonds. The first-order valence-electron chi connectivity index (χ1n) is 6.39. The van der Waals surface area contributed by atoms with Gasteiger partial charge in [-0.2, -0.15) is 5.10 Å². The van der Waals surface area contributed by atoms with Crippen molar-refractivity contribution in [3.63, 3.8) is 0 Å². The number of phenolic OH excluding ortho intramolecular Hbond substituents is 2. The molecule has 1 aromatic heterocycles. The third-order valence-electron chi connectivity index (χ3n) is 3.00. The number of anilines is 1. The monoisotopic (exact) mass is 279 g/mol. The predicted molar refractivity (Wildman–Crippen MR) is 82.7 cm³/mol. The van der Waals surface area contributed by atoms with Gasteiger partial charge in [-0.25, -0.2) is 4.98 Å². The molecule has 3 aromatic rings. The van der Waals surface area contributed by atoms with E-state index in [0.717, 1.165) is 10.9 Å². The highest BCUT2D eigenvalue weighted by Crippen LogP contribution is 2.21. The second-order valence-corrected chi connectivity index (χ2v) is 4.50. The van der Waals surface area contributed by atoms with Crippen LogP contribution in [0.1, 0.15) is 5.56 Å². The minimum absolute atomic E-state index is 0.00815. The van der Waals surface area contributed by atoms with Gasteiger partial charge >= 0.3 is 0 Å². The van der Waals surface area contributed by atoms with E-state index in [-0.39, 0.29) is 11.5 Å². The second-order valence-electron chi connectivity index (χ2n) is 4.50. The molecule has 0 saturated carbocycles. The zero-order chi connectivity index (χ0) is 14.7. The van der Waals surface area contributed by atoms with Gasteiger partial charge in [-0.1, -0.05) is 18.2 Å². The Kier molecular flexibility index (Phi) is 3.39. The highest BCUT2D eigenvalue weighted by molar-refractivity contribution is 5.84. The first-order chi connectivity index (χ1) is 10.2. The molecule has 3 rings (SSSR count). The summed E-state index contributed by atoms with van der Waals surface area (Å²) in [7, 11) is 0. The number of rotatable bonds is 3. The van der Waals surface area contributed by atoms with E-state index < -0.39 is 0 Å². The molecule has 1 heterocycles. The number of hydrazone groups is 1. The number of hydrogen-bond donors (Lipinski definition) is 3. The molecular formula is C16H13N3O2. The number of phenols is 2. The standard InChI is InChI=1S/C16H13N3O2/c20-13-7-5-12(15(21)9-13)10-17-19-16-8-6-11-3-1-2-4-14(11)18-16/h1-10,20-21H,(H,18,19)/b17-10+. The average Bonchev–Trinajstić information content (AvgIpc) is 2.49. The van der Waals surface area contributed by atoms with Crippen molar-refractivity contribution in [1.82, 2.24) is 4.98 Å². The first-order valence-corrected chi connectivity index (χ1v) is 6.39. The second kappa shape index (κ2) is 5.50. The Morgan fingerprint density at radius 2 is 1.86 bits per heavy atom. The molecule has 104 valence electrons. The fraction of sp³-hybridized carbons (Fsp3) is 0. The van der Waals surface area contributed by atoms with E-state index in [1.54, 1.807) is 6.07 Å². The SMILES string of the molecule is Oc1ccc(/C=N/Nc2ccc3ccccc3n2)c(O)c1. The van der Waals surface area contributed by atoms with E-state index in [0.29, 0.717) is 11.4 Å². The van der Waals surface area contributed by atoms with Gasteiger partial charge in [-0.05, 0) is 30.3 Å². The number of hydrogen-bond acceptors (Lipinski definition) is 5. The third-order valence-corrected chi connectivity index (χ3v) is 3.00. The third kappa shape index (κ3) is 2.92. The lowest BCUT2D eigenvalue weighted by molar-refractivity contribution is 0.450. The van der Waals surface area contributed by atoms with Crippen molar-refractivity contribution >= 4 is 22.9 Å². The maximum Gasteiger partial charge on any atom is 0.146 e. The summed E-state index contributed by atoms with van der Waals surface area (Å²) in [4.78, 5) is 4.42. The number of benzene rings is 2. The van der Waals surface area contributed by atoms with E-state index in [2.05, 4.69) is 15.5 Å². The summed E-state index contributed by atoms with van der Waals surface area (Å²) < 4.78 is 0. The highest BCUT2D eigenvalue weighted by atomic mass is 16.3. The van der Waals surface area contributed by atoms with Gasteiger partial charge < -0.3 is 10.2 Å². The molecule has 0 saturated heterocycles. The fourth-order valence-corrected chi connectivity index (χ4v) is 1.94. The Labute approximate surface area is 121 Å². The van der Waals surface area contributed by atoms with E-state index >= 15 is 0 Å². The fourth-order valence-electron chi connectivity index (χ4n) is 1.94. The molecule has 0 aliphatic rings. The molecule has 0 bridgehead atoms. The summed E-state index contributed by atoms with van der Waals surface area (Å²) in [6, 6.07) is 15.9. The molecule has 0 aliphatic heterocycles. The van der Waals surface area contributed by atoms with E-state index in [1.807, 2.05) is 36.4 Å². The van der Waals surface area contributed by atoms with Crippen LogP contribution in [0.3, 0.4) is 0 Å². The molecular weight excluding hydrogens is 266 g/mol. The maximum absolute atomic E-state index is 9.64. The van der Waals surface area contributed by atoms with Gasteiger partial charge in [0.2, 0.25) is 0 Å². The van der Waals surface area contributed by atoms with Gasteiger partial charge in [-0.3, -0.25) is 5.43 Å². The van der Waals surface area contributed by atoms with Crippen LogP contribution in [0, 0.1) is 0 Å². The number of pyridine rings is 1. The van der Waals surface area contributed by atoms with E-state index in [4.69, 9.17) is 0 Å². The lowest BCUT2D eigenvalue weighted by Gasteiger charge is -2.02. The Balaban J connectivity index is 1.77. The van der Waals surface area contributed by atoms with E-state index in [1.165, 1.54) is 18.3 Å². The van der Waals surface area contributed by atoms with Crippen molar-refractivity contribution in [3.05, 3.63) is 60.2 Å². The quantitative estimate of drug-likeness (QED) is 0.508. The number of nitrogens with one attached hydrogen (secondary N) is 1. The zero-order valence-corrected chi connectivity index (χ0v) is 11.1. The largest absolute Gasteiger partial charge is 0.508 e. The molecule has 0 spiro atoms. The molecule has 0 radical (unpaired) electrons. The first kappa shape index (κ1) is 12.9. The summed E-state index contributed by atoms with van der Waals surface area (Å²) >= 11 is 0. The number of aromatic hydroxyl groups is 2. The Morgan fingerprint density at radius 3 is 2.71 bits per heavy atom. The lowest BCUT2D eigenvalue weighted by atomic mass is 10.2. The molecule has 3 N–H and O–H groups in total. The summed E-state index contributed by atoms with van der Waals surface area (Å²) in [5.41, 5.74) is 4.19. The minimum atomic E-state index is -0.0352. The van der Waals surface area contributed by atoms with Gasteiger partial charge in [0.25, 0.3) is 0 Å². The topological polar surface area (TPSA) is 77.7 Å². The summed E-state index contributed by atoms with van der Waals surface area (Å²) in [5, 5.41) is 23.9. The van der Waals surface area contributed by atoms with Crippen LogP contribution in [0.4, 0.5) is 5.82 Å². The smallest absolute Gasteiger partial charge is 0.146 e. The van der Waals surface area contributed by atoms with Gasteiger partial charge in [0.1, 0.15) is 17.3 Å². The van der Waals surface area contributed by atoms with Gasteiger partial charge in [-0.15, -0.1) is 0 Å². The van der Waals surface area contributed by atoms with Crippen molar-refractivity contribution in [1.29, 1.82) is 0 Å². The van der Waals surface area contributed by atoms with Gasteiger partial charge in [0.15, 0.2) is 0 Å². The highest BCUT2D eigenvalue weighted by Gasteiger charge is 1.99. The van der Waals surface area contributed by atoms with Crippen LogP contribution in [-0.2, 0) is 0 Å². The summed E-state index contributed by atoms with van der Waals surface area (Å²) in [6.07, 6.45) is 1.46. The number of fused-ring (bicyclic) bond motifs is 1. The molecule has 21 heavy (non-hydrogen) atoms. The number of nitrogens with zero attached hydrogens (tertiary/aromatic N) is 2. The van der Waals surface area contributed by atoms with Crippen molar-refractivity contribution in [2.45, 2.75) is 0 Å². The van der Waals surface area contributed by atoms with Gasteiger partial charge in [0, 0.05) is 17.0 Å². The Hall–Kier alpha value is -3.08. The van der Waals surface area contributed by atoms with E-state index in [9.17, 15) is 10.2 Å². The van der Waals surface area contributed by atoms with Crippen molar-refractivity contribution in [2.75, 3.05) is 5.43 Å². The molecule has 0 atom stereocenters. The maximum atomic E-state index is 9.64. The van der Waals surface area contributed by atoms with Crippen molar-refractivity contribution < 1.29 is 10.2 Å². The molecule has 5 heteroatoms. The molecule has 0 aliphatic carbocycles. The number of aromatic nitrogens is 1. The van der Waals surface area contributed by atoms with Crippen molar-refractivity contribution in [3.8, 4) is 11.5 Å². The summed E-state index contributed by atoms with van der Waals surface area (Å²) in [5.74, 6) is 0.587. The van der Waals surface area contributed by atoms with Crippen LogP contribution in [0.15, 0.2) is 59.7 Å². The Bertz CT molecular complexity index is 815. The van der Waals surface area contributed by atoms with Crippen molar-refractivity contribution in [2.24, 2.45) is 5.10 Å². The minimum Gasteiger partial charge on any atom is -0.508 e. The molecule has 2 aromatic carbocycles. The van der Waals surface area contributed by atoms with Crippen LogP contribution in [0.25, 0.3) is 10.9 Å².